The van der Waals surface area contributed by atoms with Gasteiger partial charge in [-0.3, -0.25) is 0 Å². The maximum atomic E-state index is 3.71. The minimum atomic E-state index is 1.15. The molecule has 5 rings (SSSR count). The van der Waals surface area contributed by atoms with Gasteiger partial charge in [-0.05, 0) is 63.2 Å². The minimum Gasteiger partial charge on any atom is -0.134 e. The molecular formula is C20H13BrS. The SMILES string of the molecule is Brc1cccc2c1sc1ccc3c(c12)-c1ccccc1CC3. The van der Waals surface area contributed by atoms with Gasteiger partial charge in [-0.1, -0.05) is 42.5 Å². The predicted molar refractivity (Wildman–Crippen MR) is 99.9 cm³/mol. The first-order chi connectivity index (χ1) is 10.8. The zero-order chi connectivity index (χ0) is 14.7. The Morgan fingerprint density at radius 2 is 1.68 bits per heavy atom. The lowest BCUT2D eigenvalue weighted by atomic mass is 9.83. The Morgan fingerprint density at radius 1 is 0.818 bits per heavy atom. The van der Waals surface area contributed by atoms with Gasteiger partial charge in [-0.25, -0.2) is 0 Å². The van der Waals surface area contributed by atoms with E-state index >= 15 is 0 Å². The Balaban J connectivity index is 2.01. The molecular weight excluding hydrogens is 352 g/mol. The maximum absolute atomic E-state index is 3.71. The second-order valence-electron chi connectivity index (χ2n) is 5.85. The molecule has 0 fully saturated rings. The van der Waals surface area contributed by atoms with Crippen LogP contribution >= 0.6 is 27.3 Å². The standard InChI is InChI=1S/C20H13BrS/c21-16-7-3-6-15-19-17(22-20(15)16)11-10-13-9-8-12-4-1-2-5-14(12)18(13)19/h1-7,10-11H,8-9H2. The number of fused-ring (bicyclic) bond motifs is 7. The Bertz CT molecular complexity index is 1040. The number of thiophene rings is 1. The molecule has 0 unspecified atom stereocenters. The van der Waals surface area contributed by atoms with Crippen molar-refractivity contribution in [3.63, 3.8) is 0 Å². The molecule has 0 radical (unpaired) electrons. The molecule has 0 N–H and O–H groups in total. The fraction of sp³-hybridized carbons (Fsp3) is 0.100. The molecule has 0 aliphatic heterocycles. The molecule has 0 bridgehead atoms. The van der Waals surface area contributed by atoms with Gasteiger partial charge in [-0.2, -0.15) is 0 Å². The first kappa shape index (κ1) is 12.9. The van der Waals surface area contributed by atoms with Crippen molar-refractivity contribution in [2.45, 2.75) is 12.8 Å². The molecule has 2 heteroatoms. The molecule has 1 aliphatic carbocycles. The molecule has 0 atom stereocenters. The fourth-order valence-corrected chi connectivity index (χ4v) is 5.39. The van der Waals surface area contributed by atoms with Gasteiger partial charge in [0.05, 0.1) is 0 Å². The van der Waals surface area contributed by atoms with Crippen LogP contribution in [-0.4, -0.2) is 0 Å². The molecule has 1 aliphatic rings. The summed E-state index contributed by atoms with van der Waals surface area (Å²) in [6.45, 7) is 0. The third-order valence-corrected chi connectivity index (χ3v) is 6.78. The topological polar surface area (TPSA) is 0 Å². The highest BCUT2D eigenvalue weighted by molar-refractivity contribution is 9.10. The van der Waals surface area contributed by atoms with E-state index in [9.17, 15) is 0 Å². The molecule has 0 spiro atoms. The van der Waals surface area contributed by atoms with Crippen LogP contribution in [0.2, 0.25) is 0 Å². The summed E-state index contributed by atoms with van der Waals surface area (Å²) in [4.78, 5) is 0. The Labute approximate surface area is 141 Å². The van der Waals surface area contributed by atoms with Crippen molar-refractivity contribution in [1.29, 1.82) is 0 Å². The number of rotatable bonds is 0. The number of aryl methyl sites for hydroxylation is 2. The van der Waals surface area contributed by atoms with Crippen LogP contribution in [0.4, 0.5) is 0 Å². The summed E-state index contributed by atoms with van der Waals surface area (Å²) in [6, 6.07) is 20.1. The van der Waals surface area contributed by atoms with Crippen LogP contribution in [0.15, 0.2) is 59.1 Å². The lowest BCUT2D eigenvalue weighted by Crippen LogP contribution is -2.03. The van der Waals surface area contributed by atoms with Crippen molar-refractivity contribution in [3.8, 4) is 11.1 Å². The van der Waals surface area contributed by atoms with Gasteiger partial charge in [0.15, 0.2) is 0 Å². The van der Waals surface area contributed by atoms with Gasteiger partial charge in [0.25, 0.3) is 0 Å². The van der Waals surface area contributed by atoms with E-state index in [2.05, 4.69) is 70.5 Å². The highest BCUT2D eigenvalue weighted by atomic mass is 79.9. The monoisotopic (exact) mass is 364 g/mol. The number of hydrogen-bond donors (Lipinski definition) is 0. The second-order valence-corrected chi connectivity index (χ2v) is 7.76. The third kappa shape index (κ3) is 1.68. The average Bonchev–Trinajstić information content (AvgIpc) is 2.95. The van der Waals surface area contributed by atoms with Gasteiger partial charge in [0, 0.05) is 24.6 Å². The molecule has 106 valence electrons. The molecule has 3 aromatic carbocycles. The van der Waals surface area contributed by atoms with Crippen molar-refractivity contribution in [2.75, 3.05) is 0 Å². The predicted octanol–water partition coefficient (Wildman–Crippen LogP) is 6.58. The number of benzene rings is 3. The summed E-state index contributed by atoms with van der Waals surface area (Å²) in [5, 5.41) is 2.81. The van der Waals surface area contributed by atoms with E-state index in [-0.39, 0.29) is 0 Å². The first-order valence-corrected chi connectivity index (χ1v) is 9.15. The van der Waals surface area contributed by atoms with Crippen LogP contribution in [0.5, 0.6) is 0 Å². The molecule has 1 aromatic heterocycles. The van der Waals surface area contributed by atoms with Crippen molar-refractivity contribution in [1.82, 2.24) is 0 Å². The van der Waals surface area contributed by atoms with Crippen LogP contribution in [0.3, 0.4) is 0 Å². The van der Waals surface area contributed by atoms with Crippen molar-refractivity contribution in [2.24, 2.45) is 0 Å². The zero-order valence-corrected chi connectivity index (χ0v) is 14.3. The molecule has 0 saturated heterocycles. The zero-order valence-electron chi connectivity index (χ0n) is 11.9. The Morgan fingerprint density at radius 3 is 2.64 bits per heavy atom. The third-order valence-electron chi connectivity index (χ3n) is 4.65. The van der Waals surface area contributed by atoms with Gasteiger partial charge in [-0.15, -0.1) is 11.3 Å². The summed E-state index contributed by atoms with van der Waals surface area (Å²) >= 11 is 5.60. The van der Waals surface area contributed by atoms with E-state index in [4.69, 9.17) is 0 Å². The van der Waals surface area contributed by atoms with E-state index < -0.39 is 0 Å². The van der Waals surface area contributed by atoms with Gasteiger partial charge in [0.2, 0.25) is 0 Å². The highest BCUT2D eigenvalue weighted by Gasteiger charge is 2.20. The van der Waals surface area contributed by atoms with E-state index in [1.807, 2.05) is 11.3 Å². The van der Waals surface area contributed by atoms with Gasteiger partial charge in [0.1, 0.15) is 0 Å². The quantitative estimate of drug-likeness (QED) is 0.330. The first-order valence-electron chi connectivity index (χ1n) is 7.54. The summed E-state index contributed by atoms with van der Waals surface area (Å²) in [5.41, 5.74) is 5.86. The lowest BCUT2D eigenvalue weighted by molar-refractivity contribution is 0.945. The molecule has 4 aromatic rings. The van der Waals surface area contributed by atoms with E-state index in [0.29, 0.717) is 0 Å². The molecule has 1 heterocycles. The maximum Gasteiger partial charge on any atom is 0.0497 e. The van der Waals surface area contributed by atoms with Crippen LogP contribution in [0, 0.1) is 0 Å². The van der Waals surface area contributed by atoms with Crippen LogP contribution in [-0.2, 0) is 12.8 Å². The van der Waals surface area contributed by atoms with Gasteiger partial charge < -0.3 is 0 Å². The Hall–Kier alpha value is -1.64. The highest BCUT2D eigenvalue weighted by Crippen LogP contribution is 2.46. The van der Waals surface area contributed by atoms with Crippen molar-refractivity contribution < 1.29 is 0 Å². The van der Waals surface area contributed by atoms with E-state index in [0.717, 1.165) is 12.8 Å². The van der Waals surface area contributed by atoms with E-state index in [1.54, 1.807) is 0 Å². The van der Waals surface area contributed by atoms with Crippen molar-refractivity contribution in [3.05, 3.63) is 70.2 Å². The van der Waals surface area contributed by atoms with Crippen LogP contribution < -0.4 is 0 Å². The summed E-state index contributed by atoms with van der Waals surface area (Å²) in [7, 11) is 0. The normalized spacial score (nSPS) is 13.3. The molecule has 0 saturated carbocycles. The second kappa shape index (κ2) is 4.68. The average molecular weight is 365 g/mol. The van der Waals surface area contributed by atoms with Crippen LogP contribution in [0.25, 0.3) is 31.3 Å². The molecule has 0 amide bonds. The summed E-state index contributed by atoms with van der Waals surface area (Å²) in [6.07, 6.45) is 2.30. The largest absolute Gasteiger partial charge is 0.134 e. The van der Waals surface area contributed by atoms with Crippen LogP contribution in [0.1, 0.15) is 11.1 Å². The lowest BCUT2D eigenvalue weighted by Gasteiger charge is -2.20. The Kier molecular flexibility index (Phi) is 2.73. The van der Waals surface area contributed by atoms with Gasteiger partial charge >= 0.3 is 0 Å². The number of halogens is 1. The molecule has 0 nitrogen and oxygen atoms in total. The fourth-order valence-electron chi connectivity index (χ4n) is 3.67. The summed E-state index contributed by atoms with van der Waals surface area (Å²) < 4.78 is 3.94. The number of hydrogen-bond acceptors (Lipinski definition) is 1. The smallest absolute Gasteiger partial charge is 0.0497 e. The van der Waals surface area contributed by atoms with Crippen molar-refractivity contribution >= 4 is 47.4 Å². The summed E-state index contributed by atoms with van der Waals surface area (Å²) in [5.74, 6) is 0. The molecule has 22 heavy (non-hydrogen) atoms. The minimum absolute atomic E-state index is 1.15. The van der Waals surface area contributed by atoms with E-state index in [1.165, 1.54) is 46.9 Å².